The van der Waals surface area contributed by atoms with Crippen molar-refractivity contribution in [2.75, 3.05) is 20.1 Å². The van der Waals surface area contributed by atoms with Crippen LogP contribution in [-0.4, -0.2) is 55.9 Å². The fourth-order valence-corrected chi connectivity index (χ4v) is 4.65. The quantitative estimate of drug-likeness (QED) is 0.490. The highest BCUT2D eigenvalue weighted by molar-refractivity contribution is 7.89. The molecule has 1 aliphatic rings. The maximum absolute atomic E-state index is 14.9. The molecule has 0 spiro atoms. The molecule has 1 saturated heterocycles. The topological polar surface area (TPSA) is 91.0 Å². The van der Waals surface area contributed by atoms with Gasteiger partial charge in [-0.25, -0.2) is 23.0 Å². The average Bonchev–Trinajstić information content (AvgIpc) is 2.76. The van der Waals surface area contributed by atoms with Crippen LogP contribution in [0.5, 0.6) is 0 Å². The van der Waals surface area contributed by atoms with Crippen LogP contribution >= 0.6 is 0 Å². The van der Waals surface area contributed by atoms with Crippen LogP contribution in [-0.2, 0) is 21.3 Å². The van der Waals surface area contributed by atoms with Crippen molar-refractivity contribution < 1.29 is 22.3 Å². The van der Waals surface area contributed by atoms with Gasteiger partial charge in [-0.05, 0) is 44.0 Å². The van der Waals surface area contributed by atoms with E-state index in [1.807, 2.05) is 18.2 Å². The molecule has 33 heavy (non-hydrogen) atoms. The zero-order valence-corrected chi connectivity index (χ0v) is 20.1. The van der Waals surface area contributed by atoms with Gasteiger partial charge in [-0.15, -0.1) is 4.41 Å². The van der Waals surface area contributed by atoms with Gasteiger partial charge in [0, 0.05) is 26.7 Å². The van der Waals surface area contributed by atoms with Crippen molar-refractivity contribution in [3.63, 3.8) is 0 Å². The average molecular weight is 479 g/mol. The first-order chi connectivity index (χ1) is 15.5. The molecule has 180 valence electrons. The summed E-state index contributed by atoms with van der Waals surface area (Å²) in [7, 11) is -2.31. The molecule has 3 rings (SSSR count). The third-order valence-corrected chi connectivity index (χ3v) is 6.92. The van der Waals surface area contributed by atoms with E-state index in [1.54, 1.807) is 45.0 Å². The number of nitrogens with zero attached hydrogens (tertiary/aromatic N) is 2. The largest absolute Gasteiger partial charge is 0.444 e. The molecule has 2 unspecified atom stereocenters. The lowest BCUT2D eigenvalue weighted by molar-refractivity contribution is -0.0292. The Labute approximate surface area is 194 Å². The maximum atomic E-state index is 14.9. The highest BCUT2D eigenvalue weighted by Crippen LogP contribution is 2.30. The molecule has 1 aliphatic heterocycles. The number of carbonyl (C=O) groups excluding carboxylic acids is 1. The van der Waals surface area contributed by atoms with E-state index in [0.29, 0.717) is 12.1 Å². The second-order valence-electron chi connectivity index (χ2n) is 8.82. The normalized spacial score (nSPS) is 19.5. The van der Waals surface area contributed by atoms with Crippen molar-refractivity contribution in [2.45, 2.75) is 50.1 Å². The number of nitrogens with one attached hydrogen (secondary N) is 2. The highest BCUT2D eigenvalue weighted by atomic mass is 32.2. The van der Waals surface area contributed by atoms with E-state index in [-0.39, 0.29) is 18.0 Å². The van der Waals surface area contributed by atoms with E-state index in [9.17, 15) is 17.6 Å². The Morgan fingerprint density at radius 1 is 1.15 bits per heavy atom. The van der Waals surface area contributed by atoms with Gasteiger partial charge in [0.2, 0.25) is 0 Å². The molecular weight excluding hydrogens is 447 g/mol. The molecule has 1 heterocycles. The Bertz CT molecular complexity index is 1060. The van der Waals surface area contributed by atoms with Gasteiger partial charge < -0.3 is 10.1 Å². The van der Waals surface area contributed by atoms with Gasteiger partial charge in [-0.2, -0.15) is 0 Å². The van der Waals surface area contributed by atoms with Gasteiger partial charge in [0.25, 0.3) is 10.0 Å². The standard InChI is InChI=1S/C23H31FN4O4S/c1-23(2,3)32-22(29)28-20(15-25-16-21(28)24)19-13-9-8-10-17(19)14-26-27(4)33(30,31)18-11-6-5-7-12-18/h5-13,20-21,25-26H,14-16H2,1-4H3. The number of carbonyl (C=O) groups is 1. The van der Waals surface area contributed by atoms with E-state index in [2.05, 4.69) is 10.7 Å². The number of sulfonamides is 1. The molecule has 10 heteroatoms. The summed E-state index contributed by atoms with van der Waals surface area (Å²) in [6.45, 7) is 5.71. The fourth-order valence-electron chi connectivity index (χ4n) is 3.60. The Hall–Kier alpha value is -2.53. The van der Waals surface area contributed by atoms with Gasteiger partial charge in [-0.1, -0.05) is 42.5 Å². The molecule has 8 nitrogen and oxygen atoms in total. The first-order valence-electron chi connectivity index (χ1n) is 10.7. The number of halogens is 1. The summed E-state index contributed by atoms with van der Waals surface area (Å²) < 4.78 is 46.9. The van der Waals surface area contributed by atoms with Crippen molar-refractivity contribution >= 4 is 16.1 Å². The maximum Gasteiger partial charge on any atom is 0.413 e. The number of hydrazine groups is 1. The molecule has 2 atom stereocenters. The molecular formula is C23H31FN4O4S. The summed E-state index contributed by atoms with van der Waals surface area (Å²) in [6, 6.07) is 14.7. The van der Waals surface area contributed by atoms with E-state index in [1.165, 1.54) is 19.2 Å². The zero-order valence-electron chi connectivity index (χ0n) is 19.3. The Morgan fingerprint density at radius 3 is 2.45 bits per heavy atom. The summed E-state index contributed by atoms with van der Waals surface area (Å²) in [4.78, 5) is 14.1. The van der Waals surface area contributed by atoms with Crippen molar-refractivity contribution in [2.24, 2.45) is 0 Å². The Balaban J connectivity index is 1.82. The van der Waals surface area contributed by atoms with E-state index < -0.39 is 34.1 Å². The molecule has 0 bridgehead atoms. The zero-order chi connectivity index (χ0) is 24.2. The summed E-state index contributed by atoms with van der Waals surface area (Å²) in [5.74, 6) is 0. The van der Waals surface area contributed by atoms with Gasteiger partial charge in [0.05, 0.1) is 10.9 Å². The minimum absolute atomic E-state index is 0.00815. The monoisotopic (exact) mass is 478 g/mol. The number of ether oxygens (including phenoxy) is 1. The molecule has 1 amide bonds. The molecule has 2 aromatic carbocycles. The summed E-state index contributed by atoms with van der Waals surface area (Å²) in [5, 5.41) is 3.02. The third-order valence-electron chi connectivity index (χ3n) is 5.20. The summed E-state index contributed by atoms with van der Waals surface area (Å²) in [6.07, 6.45) is -2.28. The lowest BCUT2D eigenvalue weighted by Gasteiger charge is -2.40. The molecule has 0 saturated carbocycles. The van der Waals surface area contributed by atoms with Crippen molar-refractivity contribution in [1.29, 1.82) is 0 Å². The van der Waals surface area contributed by atoms with Gasteiger partial charge >= 0.3 is 6.09 Å². The lowest BCUT2D eigenvalue weighted by atomic mass is 9.97. The fraction of sp³-hybridized carbons (Fsp3) is 0.435. The van der Waals surface area contributed by atoms with Crippen molar-refractivity contribution in [1.82, 2.24) is 20.1 Å². The minimum atomic E-state index is -3.73. The van der Waals surface area contributed by atoms with Gasteiger partial charge in [0.15, 0.2) is 6.30 Å². The van der Waals surface area contributed by atoms with Crippen molar-refractivity contribution in [3.05, 3.63) is 65.7 Å². The van der Waals surface area contributed by atoms with Crippen LogP contribution in [0.1, 0.15) is 37.9 Å². The second kappa shape index (κ2) is 10.2. The van der Waals surface area contributed by atoms with Gasteiger partial charge in [-0.3, -0.25) is 4.90 Å². The van der Waals surface area contributed by atoms with Crippen LogP contribution in [0.25, 0.3) is 0 Å². The predicted molar refractivity (Wildman–Crippen MR) is 123 cm³/mol. The number of hydrogen-bond donors (Lipinski definition) is 2. The molecule has 0 radical (unpaired) electrons. The number of rotatable bonds is 6. The Morgan fingerprint density at radius 2 is 1.79 bits per heavy atom. The highest BCUT2D eigenvalue weighted by Gasteiger charge is 2.38. The van der Waals surface area contributed by atoms with E-state index in [4.69, 9.17) is 4.74 Å². The van der Waals surface area contributed by atoms with Crippen LogP contribution in [0.3, 0.4) is 0 Å². The molecule has 2 N–H and O–H groups in total. The van der Waals surface area contributed by atoms with Crippen LogP contribution in [0, 0.1) is 0 Å². The number of piperazine rings is 1. The van der Waals surface area contributed by atoms with Crippen LogP contribution in [0.15, 0.2) is 59.5 Å². The van der Waals surface area contributed by atoms with Crippen LogP contribution < -0.4 is 10.7 Å². The van der Waals surface area contributed by atoms with E-state index in [0.717, 1.165) is 14.9 Å². The summed E-state index contributed by atoms with van der Waals surface area (Å²) in [5.41, 5.74) is 3.59. The number of hydrogen-bond acceptors (Lipinski definition) is 6. The smallest absolute Gasteiger partial charge is 0.413 e. The Kier molecular flexibility index (Phi) is 7.73. The SMILES string of the molecule is CN(NCc1ccccc1C1CNCC(F)N1C(=O)OC(C)(C)C)S(=O)(=O)c1ccccc1. The van der Waals surface area contributed by atoms with Gasteiger partial charge in [0.1, 0.15) is 5.60 Å². The first kappa shape index (κ1) is 25.1. The summed E-state index contributed by atoms with van der Waals surface area (Å²) >= 11 is 0. The molecule has 1 fully saturated rings. The molecule has 0 aromatic heterocycles. The number of amides is 1. The number of alkyl halides is 1. The second-order valence-corrected chi connectivity index (χ2v) is 10.8. The third kappa shape index (κ3) is 6.08. The molecule has 2 aromatic rings. The van der Waals surface area contributed by atoms with Crippen molar-refractivity contribution in [3.8, 4) is 0 Å². The van der Waals surface area contributed by atoms with Crippen LogP contribution in [0.4, 0.5) is 9.18 Å². The molecule has 0 aliphatic carbocycles. The number of benzene rings is 2. The predicted octanol–water partition coefficient (Wildman–Crippen LogP) is 3.19. The lowest BCUT2D eigenvalue weighted by Crippen LogP contribution is -2.54. The van der Waals surface area contributed by atoms with Crippen LogP contribution in [0.2, 0.25) is 0 Å². The minimum Gasteiger partial charge on any atom is -0.444 e. The first-order valence-corrected chi connectivity index (χ1v) is 12.2. The van der Waals surface area contributed by atoms with E-state index >= 15 is 0 Å².